The van der Waals surface area contributed by atoms with Crippen LogP contribution in [0.1, 0.15) is 53.7 Å². The van der Waals surface area contributed by atoms with Gasteiger partial charge in [-0.05, 0) is 43.0 Å². The maximum atomic E-state index is 12.6. The van der Waals surface area contributed by atoms with Gasteiger partial charge in [-0.25, -0.2) is 0 Å². The fourth-order valence-corrected chi connectivity index (χ4v) is 3.14. The average molecular weight is 418 g/mol. The number of carbonyl (C=O) groups excluding carboxylic acids is 2. The first kappa shape index (κ1) is 24.7. The monoisotopic (exact) mass is 417 g/mol. The molecule has 5 nitrogen and oxygen atoms in total. The molecule has 0 saturated carbocycles. The summed E-state index contributed by atoms with van der Waals surface area (Å²) in [5.41, 5.74) is 9.02. The molecule has 0 heterocycles. The van der Waals surface area contributed by atoms with Crippen molar-refractivity contribution in [1.82, 2.24) is 10.6 Å². The second kappa shape index (κ2) is 11.6. The molecular formula is C23H32ClN3O2. The predicted octanol–water partition coefficient (Wildman–Crippen LogP) is 3.73. The van der Waals surface area contributed by atoms with E-state index in [0.717, 1.165) is 11.1 Å². The molecule has 0 aliphatic carbocycles. The van der Waals surface area contributed by atoms with E-state index in [2.05, 4.69) is 10.6 Å². The van der Waals surface area contributed by atoms with E-state index >= 15 is 0 Å². The third kappa shape index (κ3) is 6.58. The van der Waals surface area contributed by atoms with Gasteiger partial charge < -0.3 is 16.4 Å². The van der Waals surface area contributed by atoms with Crippen molar-refractivity contribution >= 4 is 24.2 Å². The Morgan fingerprint density at radius 1 is 0.931 bits per heavy atom. The average Bonchev–Trinajstić information content (AvgIpc) is 2.73. The van der Waals surface area contributed by atoms with Crippen LogP contribution in [-0.4, -0.2) is 18.4 Å². The highest BCUT2D eigenvalue weighted by Gasteiger charge is 2.32. The van der Waals surface area contributed by atoms with Crippen molar-refractivity contribution in [3.63, 3.8) is 0 Å². The Hall–Kier alpha value is -2.37. The smallest absolute Gasteiger partial charge is 0.251 e. The zero-order valence-corrected chi connectivity index (χ0v) is 18.3. The van der Waals surface area contributed by atoms with Crippen molar-refractivity contribution < 1.29 is 9.59 Å². The summed E-state index contributed by atoms with van der Waals surface area (Å²) in [6.45, 7) is 7.17. The highest BCUT2D eigenvalue weighted by molar-refractivity contribution is 5.94. The van der Waals surface area contributed by atoms with Crippen molar-refractivity contribution in [3.8, 4) is 0 Å². The third-order valence-corrected chi connectivity index (χ3v) is 5.44. The van der Waals surface area contributed by atoms with Crippen molar-refractivity contribution in [2.45, 2.75) is 46.7 Å². The van der Waals surface area contributed by atoms with Gasteiger partial charge in [0, 0.05) is 25.2 Å². The third-order valence-electron chi connectivity index (χ3n) is 5.44. The maximum Gasteiger partial charge on any atom is 0.251 e. The molecule has 2 amide bonds. The quantitative estimate of drug-likeness (QED) is 0.581. The summed E-state index contributed by atoms with van der Waals surface area (Å²) in [5, 5.41) is 5.91. The molecule has 0 unspecified atom stereocenters. The largest absolute Gasteiger partial charge is 0.352 e. The normalized spacial score (nSPS) is 10.8. The van der Waals surface area contributed by atoms with E-state index in [1.807, 2.05) is 63.2 Å². The molecule has 0 spiro atoms. The highest BCUT2D eigenvalue weighted by Crippen LogP contribution is 2.25. The van der Waals surface area contributed by atoms with Crippen LogP contribution in [0.25, 0.3) is 0 Å². The standard InChI is InChI=1S/C23H31N3O2.ClH/c1-4-23(5-2,16-24)22(28)26-15-19-7-6-8-20(13-19)21(27)25-14-18-11-9-17(3)10-12-18;/h6-13H,4-5,14-16,24H2,1-3H3,(H,25,27)(H,26,28);1H. The fourth-order valence-electron chi connectivity index (χ4n) is 3.14. The molecule has 29 heavy (non-hydrogen) atoms. The van der Waals surface area contributed by atoms with E-state index in [0.29, 0.717) is 38.0 Å². The van der Waals surface area contributed by atoms with Crippen LogP contribution in [0.15, 0.2) is 48.5 Å². The van der Waals surface area contributed by atoms with E-state index in [1.165, 1.54) is 5.56 Å². The number of aryl methyl sites for hydroxylation is 1. The van der Waals surface area contributed by atoms with Gasteiger partial charge in [0.25, 0.3) is 5.91 Å². The van der Waals surface area contributed by atoms with Gasteiger partial charge in [0.15, 0.2) is 0 Å². The van der Waals surface area contributed by atoms with E-state index in [-0.39, 0.29) is 24.2 Å². The zero-order chi connectivity index (χ0) is 20.6. The number of hydrogen-bond acceptors (Lipinski definition) is 3. The Morgan fingerprint density at radius 2 is 1.55 bits per heavy atom. The summed E-state index contributed by atoms with van der Waals surface area (Å²) < 4.78 is 0. The van der Waals surface area contributed by atoms with Gasteiger partial charge in [-0.2, -0.15) is 0 Å². The predicted molar refractivity (Wildman–Crippen MR) is 120 cm³/mol. The molecule has 0 aliphatic rings. The lowest BCUT2D eigenvalue weighted by Crippen LogP contribution is -2.45. The number of amides is 2. The molecule has 158 valence electrons. The molecule has 0 saturated heterocycles. The van der Waals surface area contributed by atoms with Crippen molar-refractivity contribution in [3.05, 3.63) is 70.8 Å². The van der Waals surface area contributed by atoms with Gasteiger partial charge in [-0.1, -0.05) is 55.8 Å². The van der Waals surface area contributed by atoms with Gasteiger partial charge in [-0.3, -0.25) is 9.59 Å². The Morgan fingerprint density at radius 3 is 2.14 bits per heavy atom. The second-order valence-corrected chi connectivity index (χ2v) is 7.24. The number of carbonyl (C=O) groups is 2. The lowest BCUT2D eigenvalue weighted by molar-refractivity contribution is -0.131. The minimum Gasteiger partial charge on any atom is -0.352 e. The summed E-state index contributed by atoms with van der Waals surface area (Å²) in [6, 6.07) is 15.4. The van der Waals surface area contributed by atoms with Crippen LogP contribution in [0.3, 0.4) is 0 Å². The van der Waals surface area contributed by atoms with Crippen LogP contribution < -0.4 is 16.4 Å². The summed E-state index contributed by atoms with van der Waals surface area (Å²) >= 11 is 0. The summed E-state index contributed by atoms with van der Waals surface area (Å²) in [5.74, 6) is -0.165. The van der Waals surface area contributed by atoms with Gasteiger partial charge in [0.2, 0.25) is 5.91 Å². The lowest BCUT2D eigenvalue weighted by Gasteiger charge is -2.28. The number of rotatable bonds is 9. The Labute approximate surface area is 179 Å². The molecular weight excluding hydrogens is 386 g/mol. The van der Waals surface area contributed by atoms with Crippen LogP contribution in [0.2, 0.25) is 0 Å². The van der Waals surface area contributed by atoms with Crippen LogP contribution in [0.4, 0.5) is 0 Å². The molecule has 2 aromatic carbocycles. The molecule has 0 bridgehead atoms. The van der Waals surface area contributed by atoms with Crippen LogP contribution in [0.5, 0.6) is 0 Å². The van der Waals surface area contributed by atoms with Crippen LogP contribution >= 0.6 is 12.4 Å². The first-order chi connectivity index (χ1) is 13.4. The summed E-state index contributed by atoms with van der Waals surface area (Å²) in [6.07, 6.45) is 1.40. The minimum atomic E-state index is -0.525. The minimum absolute atomic E-state index is 0. The van der Waals surface area contributed by atoms with E-state index < -0.39 is 5.41 Å². The molecule has 0 radical (unpaired) electrons. The number of nitrogens with two attached hydrogens (primary N) is 1. The lowest BCUT2D eigenvalue weighted by atomic mass is 9.81. The first-order valence-corrected chi connectivity index (χ1v) is 9.85. The Kier molecular flexibility index (Phi) is 9.86. The highest BCUT2D eigenvalue weighted by atomic mass is 35.5. The number of benzene rings is 2. The number of hydrogen-bond donors (Lipinski definition) is 3. The molecule has 2 aromatic rings. The van der Waals surface area contributed by atoms with Gasteiger partial charge in [0.05, 0.1) is 5.41 Å². The molecule has 0 aliphatic heterocycles. The van der Waals surface area contributed by atoms with Crippen LogP contribution in [-0.2, 0) is 17.9 Å². The number of nitrogens with one attached hydrogen (secondary N) is 2. The molecule has 6 heteroatoms. The second-order valence-electron chi connectivity index (χ2n) is 7.24. The molecule has 2 rings (SSSR count). The van der Waals surface area contributed by atoms with E-state index in [1.54, 1.807) is 6.07 Å². The zero-order valence-electron chi connectivity index (χ0n) is 17.5. The molecule has 4 N–H and O–H groups in total. The molecule has 0 atom stereocenters. The van der Waals surface area contributed by atoms with E-state index in [9.17, 15) is 9.59 Å². The van der Waals surface area contributed by atoms with E-state index in [4.69, 9.17) is 5.73 Å². The van der Waals surface area contributed by atoms with Gasteiger partial charge >= 0.3 is 0 Å². The van der Waals surface area contributed by atoms with Crippen molar-refractivity contribution in [2.24, 2.45) is 11.1 Å². The van der Waals surface area contributed by atoms with Crippen molar-refractivity contribution in [2.75, 3.05) is 6.54 Å². The maximum absolute atomic E-state index is 12.6. The summed E-state index contributed by atoms with van der Waals surface area (Å²) in [4.78, 5) is 25.0. The Balaban J connectivity index is 0.00000420. The van der Waals surface area contributed by atoms with Gasteiger partial charge in [0.1, 0.15) is 0 Å². The van der Waals surface area contributed by atoms with Gasteiger partial charge in [-0.15, -0.1) is 12.4 Å². The Bertz CT molecular complexity index is 794. The SMILES string of the molecule is CCC(CC)(CN)C(=O)NCc1cccc(C(=O)NCc2ccc(C)cc2)c1.Cl. The number of halogens is 1. The fraction of sp³-hybridized carbons (Fsp3) is 0.391. The van der Waals surface area contributed by atoms with Crippen molar-refractivity contribution in [1.29, 1.82) is 0 Å². The summed E-state index contributed by atoms with van der Waals surface area (Å²) in [7, 11) is 0. The topological polar surface area (TPSA) is 84.2 Å². The van der Waals surface area contributed by atoms with Crippen LogP contribution in [0, 0.1) is 12.3 Å². The first-order valence-electron chi connectivity index (χ1n) is 9.85. The molecule has 0 fully saturated rings. The molecule has 0 aromatic heterocycles.